The number of carboxylic acids is 1. The lowest BCUT2D eigenvalue weighted by molar-refractivity contribution is -0.152. The predicted molar refractivity (Wildman–Crippen MR) is 442 cm³/mol. The fourth-order valence-corrected chi connectivity index (χ4v) is 14.7. The molecule has 2 aliphatic heterocycles. The molecule has 2 aromatic carbocycles. The molecule has 6 rings (SSSR count). The number of carboxylic acid groups (broad SMARTS) is 1. The molecule has 0 radical (unpaired) electrons. The Morgan fingerprint density at radius 3 is 1.22 bits per heavy atom. The van der Waals surface area contributed by atoms with Crippen LogP contribution in [-0.2, 0) is 80.5 Å². The molecule has 31 heteroatoms. The minimum atomic E-state index is -2.32. The van der Waals surface area contributed by atoms with E-state index in [1.54, 1.807) is 80.5 Å². The van der Waals surface area contributed by atoms with E-state index in [9.17, 15) is 57.8 Å². The number of aliphatic carboxylic acids is 1. The Labute approximate surface area is 675 Å². The van der Waals surface area contributed by atoms with Crippen molar-refractivity contribution in [2.75, 3.05) is 27.3 Å². The van der Waals surface area contributed by atoms with Gasteiger partial charge in [0.25, 0.3) is 11.8 Å². The third-order valence-electron chi connectivity index (χ3n) is 20.4. The number of hydrogen-bond acceptors (Lipinski definition) is 22. The third-order valence-corrected chi connectivity index (χ3v) is 29.5. The van der Waals surface area contributed by atoms with E-state index in [2.05, 4.69) is 105 Å². The summed E-state index contributed by atoms with van der Waals surface area (Å²) in [5.74, 6) is -6.81. The second-order valence-corrected chi connectivity index (χ2v) is 43.4. The molecule has 0 bridgehead atoms. The number of carbonyl (C=O) groups is 11. The van der Waals surface area contributed by atoms with Gasteiger partial charge in [0.1, 0.15) is 54.1 Å². The van der Waals surface area contributed by atoms with Gasteiger partial charge < -0.3 is 58.9 Å². The minimum absolute atomic E-state index is 0.00100. The van der Waals surface area contributed by atoms with Crippen molar-refractivity contribution in [3.8, 4) is 0 Å². The first-order valence-electron chi connectivity index (χ1n) is 39.0. The Morgan fingerprint density at radius 1 is 0.518 bits per heavy atom. The summed E-state index contributed by atoms with van der Waals surface area (Å²) in [7, 11) is -1.83. The SMILES string of the molecule is CC(=O)O[C@H](C)c1ccc2ccc(/C=C/[C@@H](C(=O)O)[C@@H](C)O[Si](C)(C)C(C)(C)C)cc2n1.COC(=O)[C@@H]1CCCN(C(=O)[C@H](C)NC(=O)[C@@H](NC(=O)OC(C)(C)C)C(C)C)N1.COC(=O)[C@@H]1CCCN(C(=O)[C@H](C)NC(=O)[C@@H](NC(=O)[C@H](/C=C/c2ccc3ccc([C@@H](C)OC(C)=O)nc3c2)[C@@H](C)O[Si](C)(C)C(C)(C)C)C(C)C)N1. The van der Waals surface area contributed by atoms with Crippen LogP contribution in [0.5, 0.6) is 0 Å². The molecule has 0 spiro atoms. The van der Waals surface area contributed by atoms with E-state index in [1.807, 2.05) is 94.4 Å². The molecule has 6 amide bonds. The van der Waals surface area contributed by atoms with Gasteiger partial charge >= 0.3 is 35.9 Å². The molecule has 2 aromatic heterocycles. The molecule has 29 nitrogen and oxygen atoms in total. The quantitative estimate of drug-likeness (QED) is 0.0158. The van der Waals surface area contributed by atoms with Crippen LogP contribution < -0.4 is 32.1 Å². The number of nitrogens with one attached hydrogen (secondary N) is 6. The maximum Gasteiger partial charge on any atom is 0.408 e. The van der Waals surface area contributed by atoms with Crippen molar-refractivity contribution in [3.63, 3.8) is 0 Å². The topological polar surface area (TPSA) is 377 Å². The van der Waals surface area contributed by atoms with Crippen LogP contribution in [-0.4, -0.2) is 189 Å². The van der Waals surface area contributed by atoms with Crippen LogP contribution >= 0.6 is 0 Å². The molecule has 0 aliphatic carbocycles. The van der Waals surface area contributed by atoms with Crippen molar-refractivity contribution in [1.82, 2.24) is 52.1 Å². The third kappa shape index (κ3) is 29.7. The van der Waals surface area contributed by atoms with E-state index in [-0.39, 0.29) is 39.8 Å². The number of alkyl carbamates (subject to hydrolysis) is 1. The summed E-state index contributed by atoms with van der Waals surface area (Å²) in [4.78, 5) is 146. The lowest BCUT2D eigenvalue weighted by Gasteiger charge is -2.40. The van der Waals surface area contributed by atoms with Gasteiger partial charge in [0.2, 0.25) is 17.7 Å². The lowest BCUT2D eigenvalue weighted by atomic mass is 9.97. The number of rotatable bonds is 28. The molecule has 2 aliphatic rings. The molecule has 4 aromatic rings. The number of nitrogens with zero attached hydrogens (tertiary/aromatic N) is 4. The van der Waals surface area contributed by atoms with Gasteiger partial charge in [0.05, 0.1) is 60.7 Å². The van der Waals surface area contributed by atoms with Gasteiger partial charge in [-0.1, -0.05) is 130 Å². The van der Waals surface area contributed by atoms with Gasteiger partial charge in [-0.3, -0.25) is 58.0 Å². The second kappa shape index (κ2) is 42.6. The molecule has 114 heavy (non-hydrogen) atoms. The van der Waals surface area contributed by atoms with Crippen molar-refractivity contribution in [1.29, 1.82) is 0 Å². The Bertz CT molecular complexity index is 4070. The Morgan fingerprint density at radius 2 is 0.877 bits per heavy atom. The van der Waals surface area contributed by atoms with Crippen molar-refractivity contribution in [3.05, 3.63) is 95.3 Å². The van der Waals surface area contributed by atoms with Gasteiger partial charge in [-0.2, -0.15) is 0 Å². The first kappa shape index (κ1) is 97.4. The fourth-order valence-electron chi connectivity index (χ4n) is 11.8. The number of esters is 4. The fraction of sp³-hybridized carbons (Fsp3) is 0.602. The number of methoxy groups -OCH3 is 2. The monoisotopic (exact) mass is 1620 g/mol. The predicted octanol–water partition coefficient (Wildman–Crippen LogP) is 11.9. The van der Waals surface area contributed by atoms with Gasteiger partial charge in [-0.25, -0.2) is 25.6 Å². The number of benzene rings is 2. The molecular formula is C83H128N10O19Si2. The highest BCUT2D eigenvalue weighted by atomic mass is 28.4. The summed E-state index contributed by atoms with van der Waals surface area (Å²) in [6.07, 6.45) is 6.81. The normalized spacial score (nSPS) is 17.7. The highest BCUT2D eigenvalue weighted by molar-refractivity contribution is 6.74. The molecule has 2 saturated heterocycles. The summed E-state index contributed by atoms with van der Waals surface area (Å²) >= 11 is 0. The molecule has 0 unspecified atom stereocenters. The van der Waals surface area contributed by atoms with E-state index in [4.69, 9.17) is 37.5 Å². The van der Waals surface area contributed by atoms with E-state index in [0.717, 1.165) is 27.4 Å². The zero-order chi connectivity index (χ0) is 86.5. The summed E-state index contributed by atoms with van der Waals surface area (Å²) in [6.45, 7) is 47.6. The summed E-state index contributed by atoms with van der Waals surface area (Å²) < 4.78 is 38.3. The smallest absolute Gasteiger partial charge is 0.408 e. The Hall–Kier alpha value is -9.02. The van der Waals surface area contributed by atoms with E-state index < -0.39 is 142 Å². The van der Waals surface area contributed by atoms with E-state index in [0.29, 0.717) is 55.7 Å². The Balaban J connectivity index is 0.000000385. The van der Waals surface area contributed by atoms with E-state index in [1.165, 1.54) is 38.1 Å². The molecule has 0 saturated carbocycles. The van der Waals surface area contributed by atoms with Crippen LogP contribution in [0.3, 0.4) is 0 Å². The van der Waals surface area contributed by atoms with Crippen LogP contribution in [0, 0.1) is 23.7 Å². The minimum Gasteiger partial charge on any atom is -0.481 e. The summed E-state index contributed by atoms with van der Waals surface area (Å²) in [6, 6.07) is 14.2. The van der Waals surface area contributed by atoms with Crippen molar-refractivity contribution in [2.24, 2.45) is 23.7 Å². The van der Waals surface area contributed by atoms with Crippen LogP contribution in [0.2, 0.25) is 36.3 Å². The molecule has 4 heterocycles. The Kier molecular flexibility index (Phi) is 36.3. The van der Waals surface area contributed by atoms with Gasteiger partial charge in [0.15, 0.2) is 16.6 Å². The van der Waals surface area contributed by atoms with Crippen LogP contribution in [0.25, 0.3) is 34.0 Å². The number of fused-ring (bicyclic) bond motifs is 2. The average Bonchev–Trinajstić information content (AvgIpc) is 0.819. The summed E-state index contributed by atoms with van der Waals surface area (Å²) in [5.41, 5.74) is 9.42. The van der Waals surface area contributed by atoms with Crippen molar-refractivity contribution in [2.45, 2.75) is 274 Å². The highest BCUT2D eigenvalue weighted by Crippen LogP contribution is 2.40. The van der Waals surface area contributed by atoms with E-state index >= 15 is 0 Å². The van der Waals surface area contributed by atoms with Crippen molar-refractivity contribution < 1.29 is 90.4 Å². The van der Waals surface area contributed by atoms with Crippen LogP contribution in [0.15, 0.2) is 72.8 Å². The first-order chi connectivity index (χ1) is 52.7. The van der Waals surface area contributed by atoms with Gasteiger partial charge in [0, 0.05) is 37.7 Å². The maximum absolute atomic E-state index is 14.2. The maximum atomic E-state index is 14.2. The first-order valence-corrected chi connectivity index (χ1v) is 44.8. The van der Waals surface area contributed by atoms with Crippen molar-refractivity contribution >= 4 is 116 Å². The standard InChI is InChI=1S/C39H59N5O8Si.C25H35NO5Si.C19H34N4O6/c1-23(2)34(36(47)40-24(3)37(48)44-21-13-14-32(43-44)38(49)50-10)42-35(46)30(25(4)52-53(11,12)39(7,8)9)19-16-28-15-17-29-18-20-31(41-33(29)22-28)26(5)51-27(6)45;1-16(31-32(7,8)25(4,5)6)21(24(28)29)13-10-19-9-11-20-12-14-22(26-23(20)15-19)17(2)30-18(3)27;1-11(2)14(21-18(27)29-19(4,5)6)15(24)20-12(3)16(25)23-10-8-9-13(22-23)17(26)28-7/h15-20,22-26,30,32,34,43H,13-14,21H2,1-12H3,(H,40,47)(H,42,46);9-17,21H,1-8H3,(H,28,29);11-14,22H,8-10H2,1-7H3,(H,20,24)(H,21,27)/b19-16+;13-10+;/t24-,25+,26+,30+,32-,34-;16-,17-,21-;12-,13-,14-/m010/s1. The molecule has 12 atom stereocenters. The lowest BCUT2D eigenvalue weighted by Crippen LogP contribution is -2.61. The summed E-state index contributed by atoms with van der Waals surface area (Å²) in [5, 5.41) is 25.1. The zero-order valence-corrected chi connectivity index (χ0v) is 74.0. The molecule has 7 N–H and O–H groups in total. The number of pyridine rings is 2. The number of amides is 6. The molecule has 632 valence electrons. The molecule has 2 fully saturated rings. The second-order valence-electron chi connectivity index (χ2n) is 33.9. The zero-order valence-electron chi connectivity index (χ0n) is 72.0. The van der Waals surface area contributed by atoms with Crippen LogP contribution in [0.4, 0.5) is 4.79 Å². The number of hydrazine groups is 2. The van der Waals surface area contributed by atoms with Gasteiger partial charge in [-0.05, 0) is 171 Å². The number of ether oxygens (including phenoxy) is 5. The average molecular weight is 1630 g/mol. The molecular weight excluding hydrogens is 1500 g/mol. The van der Waals surface area contributed by atoms with Gasteiger partial charge in [-0.15, -0.1) is 0 Å². The number of carbonyl (C=O) groups excluding carboxylic acids is 10. The highest BCUT2D eigenvalue weighted by Gasteiger charge is 2.43. The number of hydrogen-bond donors (Lipinski definition) is 7. The largest absolute Gasteiger partial charge is 0.481 e. The number of aromatic nitrogens is 2. The van der Waals surface area contributed by atoms with Crippen LogP contribution in [0.1, 0.15) is 206 Å².